The number of hydrogen-bond acceptors (Lipinski definition) is 5. The van der Waals surface area contributed by atoms with Crippen molar-refractivity contribution in [2.45, 2.75) is 26.2 Å². The van der Waals surface area contributed by atoms with Crippen LogP contribution in [-0.4, -0.2) is 27.7 Å². The average molecular weight is 373 g/mol. The quantitative estimate of drug-likeness (QED) is 0.356. The van der Waals surface area contributed by atoms with Gasteiger partial charge in [-0.15, -0.1) is 11.3 Å². The van der Waals surface area contributed by atoms with E-state index in [9.17, 15) is 0 Å². The van der Waals surface area contributed by atoms with Gasteiger partial charge in [-0.25, -0.2) is 0 Å². The Morgan fingerprint density at radius 2 is 2.16 bits per heavy atom. The van der Waals surface area contributed by atoms with Crippen molar-refractivity contribution >= 4 is 29.8 Å². The van der Waals surface area contributed by atoms with Crippen LogP contribution in [0, 0.1) is 4.77 Å². The Kier molecular flexibility index (Phi) is 6.14. The van der Waals surface area contributed by atoms with Crippen molar-refractivity contribution in [3.05, 3.63) is 62.8 Å². The molecule has 1 N–H and O–H groups in total. The molecule has 0 amide bonds. The van der Waals surface area contributed by atoms with Crippen LogP contribution in [0.25, 0.3) is 0 Å². The summed E-state index contributed by atoms with van der Waals surface area (Å²) in [5.41, 5.74) is 0.980. The predicted molar refractivity (Wildman–Crippen MR) is 104 cm³/mol. The number of nitrogens with one attached hydrogen (secondary N) is 1. The van der Waals surface area contributed by atoms with E-state index in [0.717, 1.165) is 36.6 Å². The van der Waals surface area contributed by atoms with Gasteiger partial charge in [-0.3, -0.25) is 5.10 Å². The first kappa shape index (κ1) is 17.6. The van der Waals surface area contributed by atoms with Gasteiger partial charge >= 0.3 is 0 Å². The smallest absolute Gasteiger partial charge is 0.216 e. The molecule has 7 heteroatoms. The highest BCUT2D eigenvalue weighted by Crippen LogP contribution is 2.14. The van der Waals surface area contributed by atoms with Crippen molar-refractivity contribution in [2.75, 3.05) is 6.61 Å². The molecule has 0 atom stereocenters. The van der Waals surface area contributed by atoms with Crippen molar-refractivity contribution in [1.29, 1.82) is 0 Å². The van der Waals surface area contributed by atoms with Crippen LogP contribution in [-0.2, 0) is 6.42 Å². The molecule has 0 aliphatic heterocycles. The summed E-state index contributed by atoms with van der Waals surface area (Å²) in [6.45, 7) is 2.90. The lowest BCUT2D eigenvalue weighted by Crippen LogP contribution is -1.99. The molecule has 5 nitrogen and oxygen atoms in total. The van der Waals surface area contributed by atoms with E-state index in [1.165, 1.54) is 4.88 Å². The van der Waals surface area contributed by atoms with Crippen LogP contribution in [0.4, 0.5) is 0 Å². The summed E-state index contributed by atoms with van der Waals surface area (Å²) in [6, 6.07) is 12.0. The van der Waals surface area contributed by atoms with E-state index >= 15 is 0 Å². The maximum Gasteiger partial charge on any atom is 0.216 e. The van der Waals surface area contributed by atoms with Gasteiger partial charge in [0.1, 0.15) is 5.75 Å². The molecule has 3 aromatic rings. The second-order valence-corrected chi connectivity index (χ2v) is 6.95. The Bertz CT molecular complexity index is 863. The number of thiophene rings is 1. The van der Waals surface area contributed by atoms with Gasteiger partial charge in [0.2, 0.25) is 4.77 Å². The summed E-state index contributed by atoms with van der Waals surface area (Å²) in [5, 5.41) is 13.6. The van der Waals surface area contributed by atoms with Gasteiger partial charge in [0.05, 0.1) is 12.8 Å². The minimum Gasteiger partial charge on any atom is -0.494 e. The van der Waals surface area contributed by atoms with Crippen molar-refractivity contribution in [2.24, 2.45) is 5.10 Å². The molecule has 0 fully saturated rings. The number of ether oxygens (including phenoxy) is 1. The van der Waals surface area contributed by atoms with Gasteiger partial charge in [0.15, 0.2) is 5.82 Å². The van der Waals surface area contributed by atoms with E-state index in [1.54, 1.807) is 22.2 Å². The molecule has 0 saturated heterocycles. The second kappa shape index (κ2) is 8.73. The van der Waals surface area contributed by atoms with Crippen molar-refractivity contribution in [3.8, 4) is 5.75 Å². The van der Waals surface area contributed by atoms with Crippen molar-refractivity contribution in [1.82, 2.24) is 14.9 Å². The Morgan fingerprint density at radius 3 is 2.88 bits per heavy atom. The summed E-state index contributed by atoms with van der Waals surface area (Å²) >= 11 is 6.97. The first-order valence-electron chi connectivity index (χ1n) is 8.22. The van der Waals surface area contributed by atoms with Crippen LogP contribution < -0.4 is 4.74 Å². The average Bonchev–Trinajstić information content (AvgIpc) is 3.25. The number of aromatic amines is 1. The largest absolute Gasteiger partial charge is 0.494 e. The molecule has 2 aromatic heterocycles. The van der Waals surface area contributed by atoms with Crippen molar-refractivity contribution < 1.29 is 4.74 Å². The number of benzene rings is 1. The highest BCUT2D eigenvalue weighted by molar-refractivity contribution is 7.71. The third-order valence-electron chi connectivity index (χ3n) is 3.60. The summed E-state index contributed by atoms with van der Waals surface area (Å²) in [4.78, 5) is 1.22. The molecule has 0 spiro atoms. The maximum absolute atomic E-state index is 5.67. The van der Waals surface area contributed by atoms with Crippen LogP contribution in [0.1, 0.15) is 36.0 Å². The first-order chi connectivity index (χ1) is 12.3. The number of rotatable bonds is 8. The molecular weight excluding hydrogens is 352 g/mol. The van der Waals surface area contributed by atoms with Crippen LogP contribution >= 0.6 is 23.6 Å². The minimum atomic E-state index is 0.488. The standard InChI is InChI=1S/C18H20N4OS2/c1-2-3-10-23-15-8-6-14(7-9-15)13-19-22-17(20-21-18(22)24)12-16-5-4-11-25-16/h4-9,11,13H,2-3,10,12H2,1H3,(H,21,24)/b19-13-. The van der Waals surface area contributed by atoms with Gasteiger partial charge in [-0.1, -0.05) is 19.4 Å². The zero-order valence-electron chi connectivity index (χ0n) is 14.0. The normalized spacial score (nSPS) is 11.2. The fraction of sp³-hybridized carbons (Fsp3) is 0.278. The maximum atomic E-state index is 5.67. The third-order valence-corrected chi connectivity index (χ3v) is 4.74. The Morgan fingerprint density at radius 1 is 1.32 bits per heavy atom. The molecule has 1 aromatic carbocycles. The number of H-pyrrole nitrogens is 1. The van der Waals surface area contributed by atoms with Crippen LogP contribution in [0.3, 0.4) is 0 Å². The lowest BCUT2D eigenvalue weighted by atomic mass is 10.2. The molecule has 0 unspecified atom stereocenters. The zero-order chi connectivity index (χ0) is 17.5. The molecule has 0 radical (unpaired) electrons. The molecule has 25 heavy (non-hydrogen) atoms. The number of unbranched alkanes of at least 4 members (excludes halogenated alkanes) is 1. The molecule has 0 aliphatic carbocycles. The zero-order valence-corrected chi connectivity index (χ0v) is 15.6. The molecule has 130 valence electrons. The Balaban J connectivity index is 1.69. The number of hydrogen-bond donors (Lipinski definition) is 1. The topological polar surface area (TPSA) is 55.2 Å². The first-order valence-corrected chi connectivity index (χ1v) is 9.51. The third kappa shape index (κ3) is 4.87. The van der Waals surface area contributed by atoms with E-state index in [2.05, 4.69) is 28.3 Å². The van der Waals surface area contributed by atoms with Gasteiger partial charge < -0.3 is 4.74 Å². The van der Waals surface area contributed by atoms with Gasteiger partial charge in [-0.05, 0) is 59.9 Å². The predicted octanol–water partition coefficient (Wildman–Crippen LogP) is 4.65. The van der Waals surface area contributed by atoms with E-state index in [1.807, 2.05) is 35.7 Å². The van der Waals surface area contributed by atoms with Crippen LogP contribution in [0.5, 0.6) is 5.75 Å². The molecule has 0 bridgehead atoms. The fourth-order valence-corrected chi connectivity index (χ4v) is 3.14. The van der Waals surface area contributed by atoms with E-state index in [4.69, 9.17) is 17.0 Å². The van der Waals surface area contributed by atoms with Gasteiger partial charge in [-0.2, -0.15) is 14.9 Å². The molecule has 0 saturated carbocycles. The van der Waals surface area contributed by atoms with Gasteiger partial charge in [0, 0.05) is 11.3 Å². The molecule has 2 heterocycles. The highest BCUT2D eigenvalue weighted by atomic mass is 32.1. The summed E-state index contributed by atoms with van der Waals surface area (Å²) in [7, 11) is 0. The van der Waals surface area contributed by atoms with Crippen molar-refractivity contribution in [3.63, 3.8) is 0 Å². The van der Waals surface area contributed by atoms with Gasteiger partial charge in [0.25, 0.3) is 0 Å². The fourth-order valence-electron chi connectivity index (χ4n) is 2.24. The minimum absolute atomic E-state index is 0.488. The molecular formula is C18H20N4OS2. The SMILES string of the molecule is CCCCOc1ccc(/C=N\n2c(Cc3cccs3)n[nH]c2=S)cc1. The summed E-state index contributed by atoms with van der Waals surface area (Å²) in [6.07, 6.45) is 4.67. The van der Waals surface area contributed by atoms with E-state index in [-0.39, 0.29) is 0 Å². The second-order valence-electron chi connectivity index (χ2n) is 5.53. The Hall–Kier alpha value is -2.25. The van der Waals surface area contributed by atoms with E-state index < -0.39 is 0 Å². The summed E-state index contributed by atoms with van der Waals surface area (Å²) in [5.74, 6) is 1.67. The lowest BCUT2D eigenvalue weighted by Gasteiger charge is -2.05. The number of aromatic nitrogens is 3. The number of nitrogens with zero attached hydrogens (tertiary/aromatic N) is 3. The molecule has 3 rings (SSSR count). The Labute approximate surface area is 156 Å². The lowest BCUT2D eigenvalue weighted by molar-refractivity contribution is 0.309. The van der Waals surface area contributed by atoms with Crippen LogP contribution in [0.15, 0.2) is 46.9 Å². The molecule has 0 aliphatic rings. The van der Waals surface area contributed by atoms with Crippen LogP contribution in [0.2, 0.25) is 0 Å². The summed E-state index contributed by atoms with van der Waals surface area (Å²) < 4.78 is 7.82. The monoisotopic (exact) mass is 372 g/mol. The highest BCUT2D eigenvalue weighted by Gasteiger charge is 2.06. The van der Waals surface area contributed by atoms with E-state index in [0.29, 0.717) is 11.2 Å².